The third-order valence-corrected chi connectivity index (χ3v) is 5.70. The molecular weight excluding hydrogens is 392 g/mol. The number of esters is 1. The van der Waals surface area contributed by atoms with Crippen molar-refractivity contribution in [2.75, 3.05) is 12.8 Å². The Kier molecular flexibility index (Phi) is 5.68. The van der Waals surface area contributed by atoms with E-state index in [4.69, 9.17) is 10.5 Å². The number of carbonyl (C=O) groups is 1. The van der Waals surface area contributed by atoms with Crippen molar-refractivity contribution in [2.24, 2.45) is 0 Å². The van der Waals surface area contributed by atoms with Crippen LogP contribution in [0.1, 0.15) is 21.6 Å². The van der Waals surface area contributed by atoms with E-state index in [1.54, 1.807) is 0 Å². The van der Waals surface area contributed by atoms with Crippen LogP contribution < -0.4 is 10.5 Å². The molecule has 0 amide bonds. The molecule has 0 unspecified atom stereocenters. The SMILES string of the molecule is COC(=O)c1c(N)c(C#N)cn1-c1ccc(S(=O)(=O)NCc2ccccc2)cc1. The molecule has 2 aromatic carbocycles. The molecule has 1 aromatic heterocycles. The van der Waals surface area contributed by atoms with Gasteiger partial charge in [0.1, 0.15) is 6.07 Å². The number of carbonyl (C=O) groups excluding carboxylic acids is 1. The molecule has 0 saturated heterocycles. The average Bonchev–Trinajstić information content (AvgIpc) is 3.09. The number of ether oxygens (including phenoxy) is 1. The number of nitrogens with zero attached hydrogens (tertiary/aromatic N) is 2. The Labute approximate surface area is 168 Å². The Balaban J connectivity index is 1.89. The largest absolute Gasteiger partial charge is 0.464 e. The Morgan fingerprint density at radius 3 is 2.41 bits per heavy atom. The number of hydrogen-bond acceptors (Lipinski definition) is 6. The molecule has 0 radical (unpaired) electrons. The number of nitrogens with one attached hydrogen (secondary N) is 1. The number of nitriles is 1. The first-order valence-corrected chi connectivity index (χ1v) is 9.99. The van der Waals surface area contributed by atoms with Crippen LogP contribution in [-0.4, -0.2) is 26.1 Å². The number of hydrogen-bond donors (Lipinski definition) is 2. The molecule has 148 valence electrons. The number of nitrogen functional groups attached to an aromatic ring is 1. The van der Waals surface area contributed by atoms with Gasteiger partial charge in [0.2, 0.25) is 10.0 Å². The van der Waals surface area contributed by atoms with Crippen LogP contribution in [0.4, 0.5) is 5.69 Å². The third kappa shape index (κ3) is 4.13. The molecule has 29 heavy (non-hydrogen) atoms. The second-order valence-electron chi connectivity index (χ2n) is 6.08. The first-order valence-electron chi connectivity index (χ1n) is 8.50. The quantitative estimate of drug-likeness (QED) is 0.600. The zero-order chi connectivity index (χ0) is 21.0. The minimum absolute atomic E-state index is 0.000533. The topological polar surface area (TPSA) is 127 Å². The highest BCUT2D eigenvalue weighted by atomic mass is 32.2. The fourth-order valence-corrected chi connectivity index (χ4v) is 3.78. The fourth-order valence-electron chi connectivity index (χ4n) is 2.76. The zero-order valence-corrected chi connectivity index (χ0v) is 16.3. The zero-order valence-electron chi connectivity index (χ0n) is 15.5. The van der Waals surface area contributed by atoms with Gasteiger partial charge in [-0.25, -0.2) is 17.9 Å². The summed E-state index contributed by atoms with van der Waals surface area (Å²) in [5.74, 6) is -0.703. The summed E-state index contributed by atoms with van der Waals surface area (Å²) < 4.78 is 33.7. The predicted octanol–water partition coefficient (Wildman–Crippen LogP) is 2.20. The van der Waals surface area contributed by atoms with Gasteiger partial charge in [-0.05, 0) is 29.8 Å². The van der Waals surface area contributed by atoms with E-state index in [9.17, 15) is 18.5 Å². The van der Waals surface area contributed by atoms with Crippen LogP contribution in [0.2, 0.25) is 0 Å². The lowest BCUT2D eigenvalue weighted by Crippen LogP contribution is -2.23. The molecule has 3 aromatic rings. The maximum Gasteiger partial charge on any atom is 0.357 e. The average molecular weight is 410 g/mol. The Morgan fingerprint density at radius 1 is 1.17 bits per heavy atom. The van der Waals surface area contributed by atoms with E-state index in [2.05, 4.69) is 4.72 Å². The number of anilines is 1. The van der Waals surface area contributed by atoms with Gasteiger partial charge in [0, 0.05) is 18.4 Å². The lowest BCUT2D eigenvalue weighted by atomic mass is 10.2. The number of rotatable bonds is 6. The second kappa shape index (κ2) is 8.18. The molecule has 0 aliphatic heterocycles. The summed E-state index contributed by atoms with van der Waals surface area (Å²) in [6.07, 6.45) is 1.40. The molecule has 0 spiro atoms. The lowest BCUT2D eigenvalue weighted by Gasteiger charge is -2.10. The molecule has 9 heteroatoms. The summed E-state index contributed by atoms with van der Waals surface area (Å²) in [4.78, 5) is 12.1. The van der Waals surface area contributed by atoms with Gasteiger partial charge in [0.15, 0.2) is 5.69 Å². The first-order chi connectivity index (χ1) is 13.9. The van der Waals surface area contributed by atoms with Gasteiger partial charge >= 0.3 is 5.97 Å². The molecule has 0 aliphatic rings. The monoisotopic (exact) mass is 410 g/mol. The first kappa shape index (κ1) is 20.1. The third-order valence-electron chi connectivity index (χ3n) is 4.28. The van der Waals surface area contributed by atoms with E-state index in [1.165, 1.54) is 42.1 Å². The van der Waals surface area contributed by atoms with Crippen molar-refractivity contribution in [3.63, 3.8) is 0 Å². The molecule has 1 heterocycles. The van der Waals surface area contributed by atoms with Gasteiger partial charge in [-0.2, -0.15) is 5.26 Å². The minimum atomic E-state index is -3.72. The molecule has 0 fully saturated rings. The molecule has 8 nitrogen and oxygen atoms in total. The number of nitrogens with two attached hydrogens (primary N) is 1. The van der Waals surface area contributed by atoms with E-state index >= 15 is 0 Å². The highest BCUT2D eigenvalue weighted by molar-refractivity contribution is 7.89. The van der Waals surface area contributed by atoms with Gasteiger partial charge in [-0.15, -0.1) is 0 Å². The highest BCUT2D eigenvalue weighted by Gasteiger charge is 2.22. The molecule has 0 atom stereocenters. The van der Waals surface area contributed by atoms with Gasteiger partial charge in [0.05, 0.1) is 23.3 Å². The number of benzene rings is 2. The van der Waals surface area contributed by atoms with E-state index in [-0.39, 0.29) is 28.4 Å². The summed E-state index contributed by atoms with van der Waals surface area (Å²) in [7, 11) is -2.52. The van der Waals surface area contributed by atoms with Gasteiger partial charge in [-0.3, -0.25) is 0 Å². The van der Waals surface area contributed by atoms with E-state index in [1.807, 2.05) is 36.4 Å². The maximum atomic E-state index is 12.5. The van der Waals surface area contributed by atoms with Gasteiger partial charge in [0.25, 0.3) is 0 Å². The number of sulfonamides is 1. The van der Waals surface area contributed by atoms with E-state index < -0.39 is 16.0 Å². The standard InChI is InChI=1S/C20H18N4O4S/c1-28-20(25)19-18(22)15(11-21)13-24(19)16-7-9-17(10-8-16)29(26,27)23-12-14-5-3-2-4-6-14/h2-10,13,23H,12,22H2,1H3. The van der Waals surface area contributed by atoms with E-state index in [0.29, 0.717) is 5.69 Å². The molecule has 3 rings (SSSR count). The minimum Gasteiger partial charge on any atom is -0.464 e. The van der Waals surface area contributed by atoms with Crippen LogP contribution in [0.3, 0.4) is 0 Å². The molecule has 0 bridgehead atoms. The predicted molar refractivity (Wildman–Crippen MR) is 107 cm³/mol. The van der Waals surface area contributed by atoms with Crippen molar-refractivity contribution >= 4 is 21.7 Å². The van der Waals surface area contributed by atoms with Gasteiger partial charge < -0.3 is 15.0 Å². The Hall–Kier alpha value is -3.61. The fraction of sp³-hybridized carbons (Fsp3) is 0.100. The summed E-state index contributed by atoms with van der Waals surface area (Å²) in [5.41, 5.74) is 7.29. The van der Waals surface area contributed by atoms with Crippen molar-refractivity contribution in [3.8, 4) is 11.8 Å². The number of methoxy groups -OCH3 is 1. The van der Waals surface area contributed by atoms with Crippen LogP contribution in [0.15, 0.2) is 65.7 Å². The lowest BCUT2D eigenvalue weighted by molar-refractivity contribution is 0.0593. The van der Waals surface area contributed by atoms with Crippen molar-refractivity contribution in [1.29, 1.82) is 5.26 Å². The van der Waals surface area contributed by atoms with Crippen LogP contribution >= 0.6 is 0 Å². The summed E-state index contributed by atoms with van der Waals surface area (Å²) in [6.45, 7) is 0.164. The van der Waals surface area contributed by atoms with Crippen molar-refractivity contribution < 1.29 is 17.9 Å². The van der Waals surface area contributed by atoms with Crippen molar-refractivity contribution in [2.45, 2.75) is 11.4 Å². The molecule has 0 aliphatic carbocycles. The summed E-state index contributed by atoms with van der Waals surface area (Å²) in [6, 6.07) is 16.9. The van der Waals surface area contributed by atoms with Crippen LogP contribution in [-0.2, 0) is 21.3 Å². The molecule has 0 saturated carbocycles. The number of aromatic nitrogens is 1. The second-order valence-corrected chi connectivity index (χ2v) is 7.85. The van der Waals surface area contributed by atoms with Crippen LogP contribution in [0, 0.1) is 11.3 Å². The van der Waals surface area contributed by atoms with Crippen molar-refractivity contribution in [3.05, 3.63) is 77.6 Å². The Morgan fingerprint density at radius 2 is 1.83 bits per heavy atom. The summed E-state index contributed by atoms with van der Waals surface area (Å²) >= 11 is 0. The smallest absolute Gasteiger partial charge is 0.357 e. The van der Waals surface area contributed by atoms with Crippen LogP contribution in [0.5, 0.6) is 0 Å². The maximum absolute atomic E-state index is 12.5. The molecule has 3 N–H and O–H groups in total. The van der Waals surface area contributed by atoms with Crippen molar-refractivity contribution in [1.82, 2.24) is 9.29 Å². The summed E-state index contributed by atoms with van der Waals surface area (Å²) in [5, 5.41) is 9.18. The van der Waals surface area contributed by atoms with Crippen LogP contribution in [0.25, 0.3) is 5.69 Å². The molecular formula is C20H18N4O4S. The Bertz CT molecular complexity index is 1180. The van der Waals surface area contributed by atoms with E-state index in [0.717, 1.165) is 5.56 Å². The highest BCUT2D eigenvalue weighted by Crippen LogP contribution is 2.25. The normalized spacial score (nSPS) is 11.0. The van der Waals surface area contributed by atoms with Gasteiger partial charge in [-0.1, -0.05) is 30.3 Å².